The topological polar surface area (TPSA) is 80.9 Å². The van der Waals surface area contributed by atoms with Gasteiger partial charge in [-0.25, -0.2) is 13.9 Å². The maximum Gasteiger partial charge on any atom is 0.335 e. The van der Waals surface area contributed by atoms with Crippen LogP contribution >= 0.6 is 11.8 Å². The van der Waals surface area contributed by atoms with Crippen molar-refractivity contribution >= 4 is 17.7 Å². The lowest BCUT2D eigenvalue weighted by molar-refractivity contribution is 0.0696. The van der Waals surface area contributed by atoms with E-state index in [0.29, 0.717) is 5.16 Å². The number of tetrazole rings is 1. The zero-order valence-corrected chi connectivity index (χ0v) is 9.48. The predicted octanol–water partition coefficient (Wildman–Crippen LogP) is 1.20. The SMILES string of the molecule is Cn1nnnc1Sc1ccc(C(=O)O)cc1F. The summed E-state index contributed by atoms with van der Waals surface area (Å²) in [5, 5.41) is 19.8. The number of hydrogen-bond acceptors (Lipinski definition) is 5. The number of halogens is 1. The van der Waals surface area contributed by atoms with E-state index in [2.05, 4.69) is 15.5 Å². The molecule has 0 radical (unpaired) electrons. The van der Waals surface area contributed by atoms with E-state index in [1.54, 1.807) is 7.05 Å². The van der Waals surface area contributed by atoms with E-state index in [1.807, 2.05) is 0 Å². The van der Waals surface area contributed by atoms with E-state index in [4.69, 9.17) is 5.11 Å². The van der Waals surface area contributed by atoms with Crippen LogP contribution in [0, 0.1) is 5.82 Å². The van der Waals surface area contributed by atoms with E-state index in [1.165, 1.54) is 16.8 Å². The molecule has 0 aliphatic carbocycles. The molecule has 1 heterocycles. The predicted molar refractivity (Wildman–Crippen MR) is 56.3 cm³/mol. The van der Waals surface area contributed by atoms with E-state index < -0.39 is 11.8 Å². The second kappa shape index (κ2) is 4.50. The van der Waals surface area contributed by atoms with Gasteiger partial charge in [0, 0.05) is 7.05 Å². The molecule has 1 aromatic heterocycles. The Balaban J connectivity index is 2.29. The van der Waals surface area contributed by atoms with Gasteiger partial charge in [-0.15, -0.1) is 5.10 Å². The minimum atomic E-state index is -1.17. The Morgan fingerprint density at radius 1 is 1.53 bits per heavy atom. The number of nitrogens with zero attached hydrogens (tertiary/aromatic N) is 4. The number of carboxylic acid groups (broad SMARTS) is 1. The Labute approximate surface area is 99.4 Å². The first-order chi connectivity index (χ1) is 8.08. The molecule has 2 rings (SSSR count). The Hall–Kier alpha value is -1.96. The van der Waals surface area contributed by atoms with Gasteiger partial charge in [-0.2, -0.15) is 0 Å². The highest BCUT2D eigenvalue weighted by Gasteiger charge is 2.12. The van der Waals surface area contributed by atoms with Crippen LogP contribution in [0.1, 0.15) is 10.4 Å². The van der Waals surface area contributed by atoms with Gasteiger partial charge >= 0.3 is 5.97 Å². The average molecular weight is 254 g/mol. The van der Waals surface area contributed by atoms with Gasteiger partial charge in [0.25, 0.3) is 0 Å². The van der Waals surface area contributed by atoms with Crippen molar-refractivity contribution < 1.29 is 14.3 Å². The highest BCUT2D eigenvalue weighted by atomic mass is 32.2. The molecular weight excluding hydrogens is 247 g/mol. The van der Waals surface area contributed by atoms with Gasteiger partial charge in [-0.05, 0) is 40.4 Å². The molecule has 0 amide bonds. The van der Waals surface area contributed by atoms with Gasteiger partial charge in [0.05, 0.1) is 10.5 Å². The van der Waals surface area contributed by atoms with Crippen molar-refractivity contribution in [3.05, 3.63) is 29.6 Å². The standard InChI is InChI=1S/C9H7FN4O2S/c1-14-9(11-12-13-14)17-7-3-2-5(8(15)16)4-6(7)10/h2-4H,1H3,(H,15,16). The summed E-state index contributed by atoms with van der Waals surface area (Å²) in [5.41, 5.74) is -0.0945. The number of aromatic carboxylic acids is 1. The summed E-state index contributed by atoms with van der Waals surface area (Å²) in [4.78, 5) is 10.9. The minimum absolute atomic E-state index is 0.0945. The Bertz CT molecular complexity index is 572. The van der Waals surface area contributed by atoms with Gasteiger partial charge in [0.2, 0.25) is 5.16 Å². The monoisotopic (exact) mass is 254 g/mol. The largest absolute Gasteiger partial charge is 0.478 e. The number of aryl methyl sites for hydroxylation is 1. The molecule has 0 saturated heterocycles. The molecule has 6 nitrogen and oxygen atoms in total. The fourth-order valence-electron chi connectivity index (χ4n) is 1.12. The van der Waals surface area contributed by atoms with Crippen LogP contribution in [0.15, 0.2) is 28.3 Å². The van der Waals surface area contributed by atoms with Gasteiger partial charge in [0.15, 0.2) is 0 Å². The zero-order valence-electron chi connectivity index (χ0n) is 8.66. The van der Waals surface area contributed by atoms with Crippen LogP contribution in [0.2, 0.25) is 0 Å². The van der Waals surface area contributed by atoms with Gasteiger partial charge < -0.3 is 5.11 Å². The average Bonchev–Trinajstić information content (AvgIpc) is 2.67. The van der Waals surface area contributed by atoms with E-state index in [9.17, 15) is 9.18 Å². The van der Waals surface area contributed by atoms with Crippen molar-refractivity contribution in [2.75, 3.05) is 0 Å². The van der Waals surface area contributed by atoms with Crippen LogP contribution in [-0.4, -0.2) is 31.3 Å². The number of rotatable bonds is 3. The molecule has 0 aliphatic rings. The molecule has 2 aromatic rings. The lowest BCUT2D eigenvalue weighted by Crippen LogP contribution is -1.98. The number of carbonyl (C=O) groups is 1. The zero-order chi connectivity index (χ0) is 12.4. The third kappa shape index (κ3) is 2.41. The molecular formula is C9H7FN4O2S. The summed E-state index contributed by atoms with van der Waals surface area (Å²) in [7, 11) is 1.63. The molecule has 8 heteroatoms. The Kier molecular flexibility index (Phi) is 3.05. The Morgan fingerprint density at radius 3 is 2.82 bits per heavy atom. The summed E-state index contributed by atoms with van der Waals surface area (Å²) in [5.74, 6) is -1.78. The molecule has 17 heavy (non-hydrogen) atoms. The third-order valence-electron chi connectivity index (χ3n) is 1.96. The molecule has 0 atom stereocenters. The van der Waals surface area contributed by atoms with Gasteiger partial charge in [-0.3, -0.25) is 0 Å². The van der Waals surface area contributed by atoms with Crippen molar-refractivity contribution in [3.63, 3.8) is 0 Å². The normalized spacial score (nSPS) is 10.5. The van der Waals surface area contributed by atoms with E-state index in [0.717, 1.165) is 17.8 Å². The molecule has 0 unspecified atom stereocenters. The summed E-state index contributed by atoms with van der Waals surface area (Å²) in [6.07, 6.45) is 0. The van der Waals surface area contributed by atoms with Crippen molar-refractivity contribution in [2.24, 2.45) is 7.05 Å². The molecule has 0 saturated carbocycles. The molecule has 0 spiro atoms. The van der Waals surface area contributed by atoms with Crippen LogP contribution in [0.3, 0.4) is 0 Å². The van der Waals surface area contributed by atoms with E-state index in [-0.39, 0.29) is 10.5 Å². The van der Waals surface area contributed by atoms with E-state index >= 15 is 0 Å². The summed E-state index contributed by atoms with van der Waals surface area (Å²) in [6, 6.07) is 3.68. The lowest BCUT2D eigenvalue weighted by atomic mass is 10.2. The van der Waals surface area contributed by atoms with Crippen LogP contribution in [0.4, 0.5) is 4.39 Å². The fourth-order valence-corrected chi connectivity index (χ4v) is 1.86. The van der Waals surface area contributed by atoms with Crippen molar-refractivity contribution in [3.8, 4) is 0 Å². The highest BCUT2D eigenvalue weighted by molar-refractivity contribution is 7.99. The maximum absolute atomic E-state index is 13.6. The number of aromatic nitrogens is 4. The first-order valence-corrected chi connectivity index (χ1v) is 5.32. The summed E-state index contributed by atoms with van der Waals surface area (Å²) < 4.78 is 15.0. The first-order valence-electron chi connectivity index (χ1n) is 4.51. The first kappa shape index (κ1) is 11.5. The molecule has 0 aliphatic heterocycles. The fraction of sp³-hybridized carbons (Fsp3) is 0.111. The smallest absolute Gasteiger partial charge is 0.335 e. The second-order valence-corrected chi connectivity index (χ2v) is 4.15. The molecule has 88 valence electrons. The number of benzene rings is 1. The van der Waals surface area contributed by atoms with Gasteiger partial charge in [0.1, 0.15) is 5.82 Å². The Morgan fingerprint density at radius 2 is 2.29 bits per heavy atom. The van der Waals surface area contributed by atoms with Crippen molar-refractivity contribution in [2.45, 2.75) is 10.1 Å². The molecule has 1 aromatic carbocycles. The number of carboxylic acids is 1. The van der Waals surface area contributed by atoms with Gasteiger partial charge in [-0.1, -0.05) is 0 Å². The van der Waals surface area contributed by atoms with Crippen LogP contribution in [-0.2, 0) is 7.05 Å². The number of hydrogen-bond donors (Lipinski definition) is 1. The minimum Gasteiger partial charge on any atom is -0.478 e. The quantitative estimate of drug-likeness (QED) is 0.886. The van der Waals surface area contributed by atoms with Crippen molar-refractivity contribution in [1.82, 2.24) is 20.2 Å². The van der Waals surface area contributed by atoms with Crippen LogP contribution in [0.25, 0.3) is 0 Å². The second-order valence-electron chi connectivity index (χ2n) is 3.14. The maximum atomic E-state index is 13.6. The van der Waals surface area contributed by atoms with Crippen molar-refractivity contribution in [1.29, 1.82) is 0 Å². The lowest BCUT2D eigenvalue weighted by Gasteiger charge is -2.02. The molecule has 1 N–H and O–H groups in total. The van der Waals surface area contributed by atoms with Crippen LogP contribution < -0.4 is 0 Å². The molecule has 0 fully saturated rings. The summed E-state index contributed by atoms with van der Waals surface area (Å²) >= 11 is 1.03. The summed E-state index contributed by atoms with van der Waals surface area (Å²) in [6.45, 7) is 0. The third-order valence-corrected chi connectivity index (χ3v) is 3.04. The van der Waals surface area contributed by atoms with Crippen LogP contribution in [0.5, 0.6) is 0 Å². The molecule has 0 bridgehead atoms. The highest BCUT2D eigenvalue weighted by Crippen LogP contribution is 2.27.